The zero-order chi connectivity index (χ0) is 19.6. The quantitative estimate of drug-likeness (QED) is 0.677. The van der Waals surface area contributed by atoms with Gasteiger partial charge >= 0.3 is 5.97 Å². The van der Waals surface area contributed by atoms with Crippen LogP contribution in [0.1, 0.15) is 37.7 Å². The van der Waals surface area contributed by atoms with Crippen molar-refractivity contribution in [2.45, 2.75) is 44.6 Å². The van der Waals surface area contributed by atoms with Gasteiger partial charge in [0.1, 0.15) is 6.10 Å². The monoisotopic (exact) mass is 406 g/mol. The summed E-state index contributed by atoms with van der Waals surface area (Å²) in [4.78, 5) is 15.0. The predicted molar refractivity (Wildman–Crippen MR) is 107 cm³/mol. The van der Waals surface area contributed by atoms with Crippen LogP contribution in [0.3, 0.4) is 0 Å². The van der Waals surface area contributed by atoms with Gasteiger partial charge in [-0.1, -0.05) is 30.3 Å². The third-order valence-electron chi connectivity index (χ3n) is 6.55. The number of aryl methyl sites for hydroxylation is 1. The van der Waals surface area contributed by atoms with E-state index in [4.69, 9.17) is 4.74 Å². The van der Waals surface area contributed by atoms with Crippen LogP contribution < -0.4 is 0 Å². The Bertz CT molecular complexity index is 782. The Morgan fingerprint density at radius 1 is 1.04 bits per heavy atom. The minimum absolute atomic E-state index is 0.0353. The van der Waals surface area contributed by atoms with Crippen molar-refractivity contribution in [1.82, 2.24) is 9.21 Å². The molecule has 3 heterocycles. The summed E-state index contributed by atoms with van der Waals surface area (Å²) in [6.07, 6.45) is 4.82. The Balaban J connectivity index is 1.31. The molecule has 3 aliphatic heterocycles. The fourth-order valence-corrected chi connectivity index (χ4v) is 6.30. The van der Waals surface area contributed by atoms with Crippen LogP contribution in [0.4, 0.5) is 0 Å². The number of carbonyl (C=O) groups excluding carboxylic acids is 1. The van der Waals surface area contributed by atoms with Crippen molar-refractivity contribution in [2.24, 2.45) is 5.41 Å². The molecule has 1 aromatic rings. The predicted octanol–water partition coefficient (Wildman–Crippen LogP) is 2.05. The second kappa shape index (κ2) is 8.13. The summed E-state index contributed by atoms with van der Waals surface area (Å²) in [6, 6.07) is 9.69. The van der Waals surface area contributed by atoms with E-state index in [0.29, 0.717) is 32.4 Å². The van der Waals surface area contributed by atoms with Crippen molar-refractivity contribution in [3.8, 4) is 0 Å². The third kappa shape index (κ3) is 4.26. The van der Waals surface area contributed by atoms with Gasteiger partial charge < -0.3 is 4.74 Å². The summed E-state index contributed by atoms with van der Waals surface area (Å²) in [7, 11) is -3.30. The summed E-state index contributed by atoms with van der Waals surface area (Å²) < 4.78 is 32.7. The van der Waals surface area contributed by atoms with Crippen molar-refractivity contribution in [1.29, 1.82) is 0 Å². The molecule has 0 saturated carbocycles. The molecule has 0 bridgehead atoms. The number of hydrogen-bond donors (Lipinski definition) is 0. The number of hydrogen-bond acceptors (Lipinski definition) is 5. The SMILES string of the molecule is O=C1OC(CN2CCCC2)CC12CCN(S(=O)(=O)CCc1ccccc1)CC2. The number of nitrogens with zero attached hydrogens (tertiary/aromatic N) is 2. The third-order valence-corrected chi connectivity index (χ3v) is 8.42. The fourth-order valence-electron chi connectivity index (χ4n) is 4.81. The molecule has 3 aliphatic rings. The number of sulfonamides is 1. The lowest BCUT2D eigenvalue weighted by Gasteiger charge is -2.35. The second-order valence-electron chi connectivity index (χ2n) is 8.47. The molecule has 1 aromatic carbocycles. The molecule has 3 saturated heterocycles. The number of cyclic esters (lactones) is 1. The van der Waals surface area contributed by atoms with Gasteiger partial charge in [0.2, 0.25) is 10.0 Å². The number of likely N-dealkylation sites (tertiary alicyclic amines) is 1. The highest BCUT2D eigenvalue weighted by Crippen LogP contribution is 2.43. The van der Waals surface area contributed by atoms with E-state index >= 15 is 0 Å². The van der Waals surface area contributed by atoms with E-state index in [-0.39, 0.29) is 17.8 Å². The number of esters is 1. The van der Waals surface area contributed by atoms with Crippen LogP contribution in [0.25, 0.3) is 0 Å². The maximum Gasteiger partial charge on any atom is 0.312 e. The van der Waals surface area contributed by atoms with Crippen molar-refractivity contribution >= 4 is 16.0 Å². The highest BCUT2D eigenvalue weighted by molar-refractivity contribution is 7.89. The lowest BCUT2D eigenvalue weighted by molar-refractivity contribution is -0.150. The first kappa shape index (κ1) is 19.9. The van der Waals surface area contributed by atoms with Crippen LogP contribution in [0.15, 0.2) is 30.3 Å². The number of carbonyl (C=O) groups is 1. The van der Waals surface area contributed by atoms with Crippen molar-refractivity contribution in [3.63, 3.8) is 0 Å². The molecule has 154 valence electrons. The van der Waals surface area contributed by atoms with E-state index in [1.54, 1.807) is 4.31 Å². The maximum atomic E-state index is 12.7. The van der Waals surface area contributed by atoms with Crippen LogP contribution in [0, 0.1) is 5.41 Å². The molecule has 0 N–H and O–H groups in total. The van der Waals surface area contributed by atoms with E-state index in [1.165, 1.54) is 12.8 Å². The number of benzene rings is 1. The smallest absolute Gasteiger partial charge is 0.312 e. The highest BCUT2D eigenvalue weighted by Gasteiger charge is 2.51. The van der Waals surface area contributed by atoms with E-state index in [0.717, 1.165) is 31.6 Å². The summed E-state index contributed by atoms with van der Waals surface area (Å²) in [5.41, 5.74) is 0.555. The van der Waals surface area contributed by atoms with E-state index in [1.807, 2.05) is 30.3 Å². The van der Waals surface area contributed by atoms with Crippen LogP contribution in [0.5, 0.6) is 0 Å². The number of rotatable bonds is 6. The zero-order valence-electron chi connectivity index (χ0n) is 16.4. The van der Waals surface area contributed by atoms with Gasteiger partial charge in [-0.05, 0) is 50.8 Å². The molecule has 28 heavy (non-hydrogen) atoms. The Hall–Kier alpha value is -1.44. The van der Waals surface area contributed by atoms with Crippen LogP contribution in [-0.2, 0) is 26.0 Å². The number of piperidine rings is 1. The Morgan fingerprint density at radius 3 is 2.39 bits per heavy atom. The van der Waals surface area contributed by atoms with Crippen molar-refractivity contribution in [3.05, 3.63) is 35.9 Å². The molecule has 0 amide bonds. The fraction of sp³-hybridized carbons (Fsp3) is 0.667. The Labute approximate surface area is 167 Å². The van der Waals surface area contributed by atoms with Gasteiger partial charge in [0.25, 0.3) is 0 Å². The lowest BCUT2D eigenvalue weighted by Crippen LogP contribution is -2.46. The maximum absolute atomic E-state index is 12.7. The first-order chi connectivity index (χ1) is 13.5. The molecule has 1 unspecified atom stereocenters. The lowest BCUT2D eigenvalue weighted by atomic mass is 9.76. The van der Waals surface area contributed by atoms with Crippen molar-refractivity contribution < 1.29 is 17.9 Å². The Kier molecular flexibility index (Phi) is 5.76. The van der Waals surface area contributed by atoms with Crippen LogP contribution >= 0.6 is 0 Å². The van der Waals surface area contributed by atoms with E-state index in [9.17, 15) is 13.2 Å². The normalized spacial score (nSPS) is 26.0. The Morgan fingerprint density at radius 2 is 1.71 bits per heavy atom. The minimum atomic E-state index is -3.30. The summed E-state index contributed by atoms with van der Waals surface area (Å²) in [5.74, 6) is 0.00417. The minimum Gasteiger partial charge on any atom is -0.461 e. The number of ether oxygens (including phenoxy) is 1. The average molecular weight is 407 g/mol. The van der Waals surface area contributed by atoms with Gasteiger partial charge in [-0.2, -0.15) is 0 Å². The summed E-state index contributed by atoms with van der Waals surface area (Å²) in [6.45, 7) is 3.85. The molecule has 7 heteroatoms. The molecule has 4 rings (SSSR count). The van der Waals surface area contributed by atoms with Gasteiger partial charge in [0, 0.05) is 26.1 Å². The molecule has 0 aliphatic carbocycles. The molecule has 0 aromatic heterocycles. The van der Waals surface area contributed by atoms with E-state index in [2.05, 4.69) is 4.90 Å². The average Bonchev–Trinajstić information content (AvgIpc) is 3.30. The van der Waals surface area contributed by atoms with Gasteiger partial charge in [-0.3, -0.25) is 9.69 Å². The first-order valence-electron chi connectivity index (χ1n) is 10.4. The molecule has 1 atom stereocenters. The molecule has 3 fully saturated rings. The molecule has 0 radical (unpaired) electrons. The highest BCUT2D eigenvalue weighted by atomic mass is 32.2. The molecular formula is C21H30N2O4S. The van der Waals surface area contributed by atoms with Crippen LogP contribution in [-0.4, -0.2) is 68.2 Å². The van der Waals surface area contributed by atoms with Crippen molar-refractivity contribution in [2.75, 3.05) is 38.5 Å². The standard InChI is InChI=1S/C21H30N2O4S/c24-20-21(16-19(27-20)17-22-11-4-5-12-22)9-13-23(14-10-21)28(25,26)15-8-18-6-2-1-3-7-18/h1-3,6-7,19H,4-5,8-17H2. The molecular weight excluding hydrogens is 376 g/mol. The van der Waals surface area contributed by atoms with Gasteiger partial charge in [0.15, 0.2) is 0 Å². The van der Waals surface area contributed by atoms with Gasteiger partial charge in [-0.25, -0.2) is 12.7 Å². The first-order valence-corrected chi connectivity index (χ1v) is 12.0. The molecule has 1 spiro atoms. The van der Waals surface area contributed by atoms with Crippen LogP contribution in [0.2, 0.25) is 0 Å². The zero-order valence-corrected chi connectivity index (χ0v) is 17.2. The largest absolute Gasteiger partial charge is 0.461 e. The summed E-state index contributed by atoms with van der Waals surface area (Å²) >= 11 is 0. The second-order valence-corrected chi connectivity index (χ2v) is 10.6. The topological polar surface area (TPSA) is 66.9 Å². The van der Waals surface area contributed by atoms with E-state index < -0.39 is 15.4 Å². The summed E-state index contributed by atoms with van der Waals surface area (Å²) in [5, 5.41) is 0. The van der Waals surface area contributed by atoms with Gasteiger partial charge in [0.05, 0.1) is 11.2 Å². The van der Waals surface area contributed by atoms with Gasteiger partial charge in [-0.15, -0.1) is 0 Å². The molecule has 6 nitrogen and oxygen atoms in total.